The zero-order valence-corrected chi connectivity index (χ0v) is 14.7. The van der Waals surface area contributed by atoms with E-state index in [1.807, 2.05) is 29.0 Å². The average Bonchev–Trinajstić information content (AvgIpc) is 2.97. The first-order valence-electron chi connectivity index (χ1n) is 6.77. The maximum atomic E-state index is 5.86. The molecule has 2 aromatic rings. The molecule has 1 heterocycles. The zero-order valence-electron chi connectivity index (χ0n) is 12.4. The van der Waals surface area contributed by atoms with Crippen LogP contribution in [0.5, 0.6) is 0 Å². The second-order valence-electron chi connectivity index (χ2n) is 5.07. The lowest BCUT2D eigenvalue weighted by atomic mass is 10.2. The molecule has 0 bridgehead atoms. The first-order chi connectivity index (χ1) is 9.66. The average molecular weight is 399 g/mol. The molecule has 0 saturated heterocycles. The lowest BCUT2D eigenvalue weighted by Crippen LogP contribution is -2.34. The van der Waals surface area contributed by atoms with Crippen molar-refractivity contribution in [3.05, 3.63) is 48.5 Å². The molecule has 0 aliphatic heterocycles. The van der Waals surface area contributed by atoms with E-state index >= 15 is 0 Å². The fourth-order valence-electron chi connectivity index (χ4n) is 1.83. The number of para-hydroxylation sites is 1. The Kier molecular flexibility index (Phi) is 7.21. The summed E-state index contributed by atoms with van der Waals surface area (Å²) in [5, 5.41) is 3.12. The summed E-state index contributed by atoms with van der Waals surface area (Å²) in [4.78, 5) is 8.46. The van der Waals surface area contributed by atoms with Crippen molar-refractivity contribution >= 4 is 29.9 Å². The standard InChI is InChI=1S/C15H21N5.HI/c1-12(2)9-18-15(16)19-10-13-5-3-4-6-14(13)20-8-7-17-11-20;/h3-8,11-12H,9-10H2,1-2H3,(H3,16,18,19);1H. The number of halogens is 1. The smallest absolute Gasteiger partial charge is 0.188 e. The molecule has 0 atom stereocenters. The van der Waals surface area contributed by atoms with Crippen LogP contribution in [0.15, 0.2) is 48.0 Å². The van der Waals surface area contributed by atoms with Crippen molar-refractivity contribution < 1.29 is 0 Å². The molecule has 0 unspecified atom stereocenters. The van der Waals surface area contributed by atoms with Gasteiger partial charge in [-0.15, -0.1) is 24.0 Å². The molecule has 0 saturated carbocycles. The van der Waals surface area contributed by atoms with Crippen molar-refractivity contribution in [3.8, 4) is 5.69 Å². The molecule has 0 radical (unpaired) electrons. The van der Waals surface area contributed by atoms with Gasteiger partial charge in [-0.05, 0) is 17.5 Å². The molecule has 114 valence electrons. The number of hydrogen-bond donors (Lipinski definition) is 2. The van der Waals surface area contributed by atoms with E-state index in [1.165, 1.54) is 0 Å². The van der Waals surface area contributed by atoms with Gasteiger partial charge < -0.3 is 15.6 Å². The maximum Gasteiger partial charge on any atom is 0.188 e. The molecule has 0 aliphatic carbocycles. The van der Waals surface area contributed by atoms with Crippen LogP contribution in [0.1, 0.15) is 19.4 Å². The Hall–Kier alpha value is -1.57. The summed E-state index contributed by atoms with van der Waals surface area (Å²) in [6.07, 6.45) is 5.46. The minimum atomic E-state index is 0. The Morgan fingerprint density at radius 2 is 2.14 bits per heavy atom. The number of guanidine groups is 1. The largest absolute Gasteiger partial charge is 0.370 e. The van der Waals surface area contributed by atoms with Crippen LogP contribution in [-0.2, 0) is 6.54 Å². The van der Waals surface area contributed by atoms with E-state index in [9.17, 15) is 0 Å². The molecule has 0 fully saturated rings. The fourth-order valence-corrected chi connectivity index (χ4v) is 1.83. The second-order valence-corrected chi connectivity index (χ2v) is 5.07. The van der Waals surface area contributed by atoms with Gasteiger partial charge in [0, 0.05) is 18.9 Å². The van der Waals surface area contributed by atoms with Gasteiger partial charge in [-0.25, -0.2) is 9.98 Å². The fraction of sp³-hybridized carbons (Fsp3) is 0.333. The third-order valence-corrected chi connectivity index (χ3v) is 2.89. The predicted molar refractivity (Wildman–Crippen MR) is 97.1 cm³/mol. The molecule has 1 aromatic heterocycles. The number of nitrogens with zero attached hydrogens (tertiary/aromatic N) is 3. The molecule has 1 aromatic carbocycles. The predicted octanol–water partition coefficient (Wildman–Crippen LogP) is 2.55. The maximum absolute atomic E-state index is 5.86. The van der Waals surface area contributed by atoms with Crippen molar-refractivity contribution in [1.29, 1.82) is 0 Å². The van der Waals surface area contributed by atoms with Crippen molar-refractivity contribution in [2.45, 2.75) is 20.4 Å². The van der Waals surface area contributed by atoms with Gasteiger partial charge in [0.2, 0.25) is 0 Å². The number of hydrogen-bond acceptors (Lipinski definition) is 2. The monoisotopic (exact) mass is 399 g/mol. The summed E-state index contributed by atoms with van der Waals surface area (Å²) in [6, 6.07) is 8.10. The number of benzene rings is 1. The Morgan fingerprint density at radius 3 is 2.81 bits per heavy atom. The van der Waals surface area contributed by atoms with E-state index < -0.39 is 0 Å². The van der Waals surface area contributed by atoms with E-state index in [-0.39, 0.29) is 24.0 Å². The highest BCUT2D eigenvalue weighted by molar-refractivity contribution is 14.0. The minimum absolute atomic E-state index is 0. The summed E-state index contributed by atoms with van der Waals surface area (Å²) in [7, 11) is 0. The van der Waals surface area contributed by atoms with Crippen LogP contribution < -0.4 is 11.1 Å². The molecule has 0 aliphatic rings. The van der Waals surface area contributed by atoms with E-state index in [2.05, 4.69) is 35.2 Å². The molecule has 0 amide bonds. The lowest BCUT2D eigenvalue weighted by molar-refractivity contribution is 0.622. The number of aliphatic imine (C=N–C) groups is 1. The Labute approximate surface area is 142 Å². The SMILES string of the molecule is CC(C)CNC(N)=NCc1ccccc1-n1ccnc1.I. The molecule has 0 spiro atoms. The van der Waals surface area contributed by atoms with E-state index in [1.54, 1.807) is 12.5 Å². The number of nitrogens with one attached hydrogen (secondary N) is 1. The summed E-state index contributed by atoms with van der Waals surface area (Å²) in [6.45, 7) is 5.65. The van der Waals surface area contributed by atoms with Gasteiger partial charge in [0.15, 0.2) is 5.96 Å². The van der Waals surface area contributed by atoms with Crippen LogP contribution in [0.4, 0.5) is 0 Å². The number of nitrogens with two attached hydrogens (primary N) is 1. The van der Waals surface area contributed by atoms with Crippen molar-refractivity contribution in [2.75, 3.05) is 6.54 Å². The van der Waals surface area contributed by atoms with Gasteiger partial charge in [0.25, 0.3) is 0 Å². The van der Waals surface area contributed by atoms with Crippen LogP contribution in [0.3, 0.4) is 0 Å². The number of rotatable bonds is 5. The summed E-state index contributed by atoms with van der Waals surface area (Å²) in [5.74, 6) is 1.03. The number of imidazole rings is 1. The molecular weight excluding hydrogens is 377 g/mol. The van der Waals surface area contributed by atoms with Crippen LogP contribution in [0.2, 0.25) is 0 Å². The first kappa shape index (κ1) is 17.5. The van der Waals surface area contributed by atoms with Crippen LogP contribution in [0, 0.1) is 5.92 Å². The van der Waals surface area contributed by atoms with Gasteiger partial charge >= 0.3 is 0 Å². The zero-order chi connectivity index (χ0) is 14.4. The van der Waals surface area contributed by atoms with E-state index in [4.69, 9.17) is 5.73 Å². The van der Waals surface area contributed by atoms with Crippen molar-refractivity contribution in [1.82, 2.24) is 14.9 Å². The van der Waals surface area contributed by atoms with E-state index in [0.717, 1.165) is 17.8 Å². The van der Waals surface area contributed by atoms with Gasteiger partial charge in [0.1, 0.15) is 0 Å². The van der Waals surface area contributed by atoms with Crippen LogP contribution in [0.25, 0.3) is 5.69 Å². The van der Waals surface area contributed by atoms with Gasteiger partial charge in [0.05, 0.1) is 18.6 Å². The van der Waals surface area contributed by atoms with E-state index in [0.29, 0.717) is 18.4 Å². The molecular formula is C15H22IN5. The summed E-state index contributed by atoms with van der Waals surface area (Å²) >= 11 is 0. The van der Waals surface area contributed by atoms with Gasteiger partial charge in [-0.1, -0.05) is 32.0 Å². The molecule has 2 rings (SSSR count). The third-order valence-electron chi connectivity index (χ3n) is 2.89. The number of aromatic nitrogens is 2. The van der Waals surface area contributed by atoms with Crippen LogP contribution >= 0.6 is 24.0 Å². The first-order valence-corrected chi connectivity index (χ1v) is 6.77. The van der Waals surface area contributed by atoms with Crippen molar-refractivity contribution in [3.63, 3.8) is 0 Å². The molecule has 6 heteroatoms. The molecule has 5 nitrogen and oxygen atoms in total. The second kappa shape index (κ2) is 8.66. The van der Waals surface area contributed by atoms with Gasteiger partial charge in [-0.3, -0.25) is 0 Å². The summed E-state index contributed by atoms with van der Waals surface area (Å²) < 4.78 is 1.97. The van der Waals surface area contributed by atoms with Crippen LogP contribution in [-0.4, -0.2) is 22.1 Å². The molecule has 21 heavy (non-hydrogen) atoms. The quantitative estimate of drug-likeness (QED) is 0.461. The van der Waals surface area contributed by atoms with Gasteiger partial charge in [-0.2, -0.15) is 0 Å². The Morgan fingerprint density at radius 1 is 1.38 bits per heavy atom. The normalized spacial score (nSPS) is 11.3. The Balaban J connectivity index is 0.00000220. The molecule has 3 N–H and O–H groups in total. The summed E-state index contributed by atoms with van der Waals surface area (Å²) in [5.41, 5.74) is 8.04. The minimum Gasteiger partial charge on any atom is -0.370 e. The Bertz CT molecular complexity index is 563. The highest BCUT2D eigenvalue weighted by Crippen LogP contribution is 2.14. The highest BCUT2D eigenvalue weighted by atomic mass is 127. The lowest BCUT2D eigenvalue weighted by Gasteiger charge is -2.10. The third kappa shape index (κ3) is 5.37. The van der Waals surface area contributed by atoms with Crippen molar-refractivity contribution in [2.24, 2.45) is 16.6 Å². The topological polar surface area (TPSA) is 68.2 Å². The highest BCUT2D eigenvalue weighted by Gasteiger charge is 2.03.